The highest BCUT2D eigenvalue weighted by Crippen LogP contribution is 2.21. The van der Waals surface area contributed by atoms with Crippen molar-refractivity contribution in [2.45, 2.75) is 13.0 Å². The Hall–Kier alpha value is -1.69. The minimum absolute atomic E-state index is 0.243. The van der Waals surface area contributed by atoms with E-state index in [0.717, 1.165) is 6.07 Å². The quantitative estimate of drug-likeness (QED) is 0.724. The molecule has 6 heteroatoms. The maximum Gasteiger partial charge on any atom is 0.322 e. The number of nitrogens with one attached hydrogen (secondary N) is 1. The summed E-state index contributed by atoms with van der Waals surface area (Å²) in [6, 6.07) is 1.19. The van der Waals surface area contributed by atoms with Gasteiger partial charge >= 0.3 is 5.97 Å². The third-order valence-corrected chi connectivity index (χ3v) is 2.10. The first-order chi connectivity index (χ1) is 7.43. The van der Waals surface area contributed by atoms with Crippen LogP contribution in [0.3, 0.4) is 0 Å². The predicted molar refractivity (Wildman–Crippen MR) is 55.2 cm³/mol. The van der Waals surface area contributed by atoms with Crippen LogP contribution in [0.5, 0.6) is 0 Å². The van der Waals surface area contributed by atoms with E-state index in [1.807, 2.05) is 0 Å². The summed E-state index contributed by atoms with van der Waals surface area (Å²) >= 11 is 0. The summed E-state index contributed by atoms with van der Waals surface area (Å²) < 4.78 is 26.6. The van der Waals surface area contributed by atoms with Crippen molar-refractivity contribution < 1.29 is 18.7 Å². The molecule has 0 fully saturated rings. The molecule has 1 rings (SSSR count). The first-order valence-electron chi connectivity index (χ1n) is 4.60. The molecule has 0 aliphatic carbocycles. The Balaban J connectivity index is 2.81. The molecule has 4 nitrogen and oxygen atoms in total. The lowest BCUT2D eigenvalue weighted by Gasteiger charge is -2.12. The third-order valence-electron chi connectivity index (χ3n) is 2.10. The van der Waals surface area contributed by atoms with E-state index in [2.05, 4.69) is 5.32 Å². The van der Waals surface area contributed by atoms with E-state index in [9.17, 15) is 13.6 Å². The molecule has 0 aromatic heterocycles. The van der Waals surface area contributed by atoms with Crippen molar-refractivity contribution in [3.63, 3.8) is 0 Å². The van der Waals surface area contributed by atoms with Crippen LogP contribution in [0.25, 0.3) is 0 Å². The minimum atomic E-state index is -1.24. The van der Waals surface area contributed by atoms with Gasteiger partial charge in [-0.15, -0.1) is 0 Å². The molecule has 0 spiro atoms. The summed E-state index contributed by atoms with van der Waals surface area (Å²) in [6.45, 7) is 1.24. The van der Waals surface area contributed by atoms with Gasteiger partial charge in [-0.1, -0.05) is 6.07 Å². The van der Waals surface area contributed by atoms with Gasteiger partial charge in [0.25, 0.3) is 0 Å². The average molecular weight is 230 g/mol. The SMILES string of the molecule is Cc1ccc(F)c(NCC(N)C(=O)O)c1F. The number of aliphatic carboxylic acids is 1. The molecule has 0 aliphatic heterocycles. The van der Waals surface area contributed by atoms with E-state index in [4.69, 9.17) is 10.8 Å². The number of carbonyl (C=O) groups is 1. The topological polar surface area (TPSA) is 75.3 Å². The summed E-state index contributed by atoms with van der Waals surface area (Å²) in [5, 5.41) is 10.8. The van der Waals surface area contributed by atoms with Gasteiger partial charge in [-0.2, -0.15) is 0 Å². The fourth-order valence-corrected chi connectivity index (χ4v) is 1.12. The molecular weight excluding hydrogens is 218 g/mol. The Morgan fingerprint density at radius 1 is 1.56 bits per heavy atom. The number of aryl methyl sites for hydroxylation is 1. The predicted octanol–water partition coefficient (Wildman–Crippen LogP) is 1.10. The molecule has 1 aromatic rings. The molecule has 0 bridgehead atoms. The second kappa shape index (κ2) is 4.89. The van der Waals surface area contributed by atoms with Crippen molar-refractivity contribution in [1.82, 2.24) is 0 Å². The van der Waals surface area contributed by atoms with Gasteiger partial charge in [0.1, 0.15) is 17.5 Å². The minimum Gasteiger partial charge on any atom is -0.480 e. The molecule has 0 aliphatic rings. The number of hydrogen-bond acceptors (Lipinski definition) is 3. The van der Waals surface area contributed by atoms with Crippen LogP contribution in [0.4, 0.5) is 14.5 Å². The Morgan fingerprint density at radius 3 is 2.75 bits per heavy atom. The van der Waals surface area contributed by atoms with E-state index in [-0.39, 0.29) is 17.8 Å². The molecule has 88 valence electrons. The summed E-state index contributed by atoms with van der Waals surface area (Å²) in [5.41, 5.74) is 5.12. The number of anilines is 1. The summed E-state index contributed by atoms with van der Waals surface area (Å²) in [7, 11) is 0. The lowest BCUT2D eigenvalue weighted by atomic mass is 10.2. The molecular formula is C10H12F2N2O2. The van der Waals surface area contributed by atoms with Gasteiger partial charge in [0, 0.05) is 6.54 Å². The van der Waals surface area contributed by atoms with Gasteiger partial charge in [-0.25, -0.2) is 8.78 Å². The molecule has 1 aromatic carbocycles. The van der Waals surface area contributed by atoms with E-state index in [1.165, 1.54) is 13.0 Å². The molecule has 4 N–H and O–H groups in total. The standard InChI is InChI=1S/C10H12F2N2O2/c1-5-2-3-6(11)9(8(5)12)14-4-7(13)10(15)16/h2-3,7,14H,4,13H2,1H3,(H,15,16). The lowest BCUT2D eigenvalue weighted by molar-refractivity contribution is -0.138. The molecule has 0 heterocycles. The smallest absolute Gasteiger partial charge is 0.322 e. The summed E-state index contributed by atoms with van der Waals surface area (Å²) in [4.78, 5) is 10.4. The number of carboxylic acid groups (broad SMARTS) is 1. The Bertz CT molecular complexity index is 410. The van der Waals surface area contributed by atoms with Crippen LogP contribution in [-0.2, 0) is 4.79 Å². The van der Waals surface area contributed by atoms with Gasteiger partial charge in [0.05, 0.1) is 0 Å². The Kier molecular flexibility index (Phi) is 3.78. The highest BCUT2D eigenvalue weighted by molar-refractivity contribution is 5.74. The van der Waals surface area contributed by atoms with Crippen LogP contribution < -0.4 is 11.1 Å². The van der Waals surface area contributed by atoms with Crippen molar-refractivity contribution in [2.24, 2.45) is 5.73 Å². The van der Waals surface area contributed by atoms with Gasteiger partial charge < -0.3 is 16.2 Å². The lowest BCUT2D eigenvalue weighted by Crippen LogP contribution is -2.37. The van der Waals surface area contributed by atoms with Crippen molar-refractivity contribution in [1.29, 1.82) is 0 Å². The Morgan fingerprint density at radius 2 is 2.19 bits per heavy atom. The number of rotatable bonds is 4. The average Bonchev–Trinajstić information content (AvgIpc) is 2.23. The highest BCUT2D eigenvalue weighted by Gasteiger charge is 2.15. The van der Waals surface area contributed by atoms with Crippen LogP contribution in [0.1, 0.15) is 5.56 Å². The third kappa shape index (κ3) is 2.66. The maximum atomic E-state index is 13.4. The zero-order chi connectivity index (χ0) is 12.3. The number of carboxylic acids is 1. The molecule has 0 amide bonds. The summed E-state index contributed by atoms with van der Waals surface area (Å²) in [6.07, 6.45) is 0. The largest absolute Gasteiger partial charge is 0.480 e. The van der Waals surface area contributed by atoms with Crippen molar-refractivity contribution in [3.8, 4) is 0 Å². The van der Waals surface area contributed by atoms with Crippen molar-refractivity contribution in [2.75, 3.05) is 11.9 Å². The Labute approximate surface area is 91.1 Å². The fourth-order valence-electron chi connectivity index (χ4n) is 1.12. The van der Waals surface area contributed by atoms with Crippen LogP contribution in [0.15, 0.2) is 12.1 Å². The first-order valence-corrected chi connectivity index (χ1v) is 4.60. The normalized spacial score (nSPS) is 12.2. The zero-order valence-corrected chi connectivity index (χ0v) is 8.63. The molecule has 0 saturated carbocycles. The molecule has 1 unspecified atom stereocenters. The van der Waals surface area contributed by atoms with Crippen LogP contribution in [0, 0.1) is 18.6 Å². The van der Waals surface area contributed by atoms with Gasteiger partial charge in [-0.05, 0) is 18.6 Å². The number of hydrogen-bond donors (Lipinski definition) is 3. The highest BCUT2D eigenvalue weighted by atomic mass is 19.1. The van der Waals surface area contributed by atoms with E-state index < -0.39 is 23.6 Å². The number of nitrogens with two attached hydrogens (primary N) is 1. The van der Waals surface area contributed by atoms with Gasteiger partial charge in [0.2, 0.25) is 0 Å². The molecule has 0 saturated heterocycles. The first kappa shape index (κ1) is 12.4. The molecule has 16 heavy (non-hydrogen) atoms. The van der Waals surface area contributed by atoms with E-state index in [1.54, 1.807) is 0 Å². The van der Waals surface area contributed by atoms with Crippen molar-refractivity contribution in [3.05, 3.63) is 29.3 Å². The zero-order valence-electron chi connectivity index (χ0n) is 8.63. The maximum absolute atomic E-state index is 13.4. The fraction of sp³-hybridized carbons (Fsp3) is 0.300. The van der Waals surface area contributed by atoms with Crippen LogP contribution >= 0.6 is 0 Å². The van der Waals surface area contributed by atoms with Crippen LogP contribution in [-0.4, -0.2) is 23.7 Å². The molecule has 0 radical (unpaired) electrons. The number of benzene rings is 1. The van der Waals surface area contributed by atoms with E-state index >= 15 is 0 Å². The van der Waals surface area contributed by atoms with Gasteiger partial charge in [0.15, 0.2) is 5.82 Å². The second-order valence-corrected chi connectivity index (χ2v) is 3.38. The van der Waals surface area contributed by atoms with Gasteiger partial charge in [-0.3, -0.25) is 4.79 Å². The monoisotopic (exact) mass is 230 g/mol. The van der Waals surface area contributed by atoms with Crippen molar-refractivity contribution >= 4 is 11.7 Å². The number of halogens is 2. The molecule has 1 atom stereocenters. The summed E-state index contributed by atoms with van der Waals surface area (Å²) in [5.74, 6) is -2.75. The van der Waals surface area contributed by atoms with Crippen LogP contribution in [0.2, 0.25) is 0 Å². The second-order valence-electron chi connectivity index (χ2n) is 3.38. The van der Waals surface area contributed by atoms with E-state index in [0.29, 0.717) is 0 Å².